The molecule has 2 aliphatic heterocycles. The predicted molar refractivity (Wildman–Crippen MR) is 303 cm³/mol. The Kier molecular flexibility index (Phi) is 24.4. The minimum absolute atomic E-state index is 0. The number of nitrogens with zero attached hydrogens (tertiary/aromatic N) is 7. The highest BCUT2D eigenvalue weighted by Crippen LogP contribution is 2.35. The molecule has 444 valence electrons. The molecule has 2 aromatic carbocycles. The van der Waals surface area contributed by atoms with Crippen molar-refractivity contribution in [1.82, 2.24) is 48.8 Å². The molecule has 8 rings (SSSR count). The lowest BCUT2D eigenvalue weighted by Crippen LogP contribution is -2.44. The van der Waals surface area contributed by atoms with Crippen molar-refractivity contribution < 1.29 is 56.9 Å². The Balaban J connectivity index is 0.000000247. The summed E-state index contributed by atoms with van der Waals surface area (Å²) < 4.78 is 66.4. The summed E-state index contributed by atoms with van der Waals surface area (Å²) in [7, 11) is -2.40. The van der Waals surface area contributed by atoms with Crippen LogP contribution in [0.1, 0.15) is 89.3 Å². The first-order valence-electron chi connectivity index (χ1n) is 26.7. The van der Waals surface area contributed by atoms with Crippen LogP contribution in [-0.4, -0.2) is 169 Å². The summed E-state index contributed by atoms with van der Waals surface area (Å²) in [5.74, 6) is 1.39. The molecule has 2 unspecified atom stereocenters. The monoisotopic (exact) mass is 1200 g/mol. The van der Waals surface area contributed by atoms with Crippen LogP contribution in [-0.2, 0) is 31.9 Å². The maximum atomic E-state index is 13.6. The van der Waals surface area contributed by atoms with E-state index in [9.17, 15) is 46.9 Å². The maximum absolute atomic E-state index is 13.6. The number of benzene rings is 2. The number of aromatic amines is 2. The number of aliphatic hydroxyl groups excluding tert-OH is 6. The summed E-state index contributed by atoms with van der Waals surface area (Å²) in [6.07, 6.45) is 4.11. The molecule has 6 heterocycles. The van der Waals surface area contributed by atoms with Crippen LogP contribution in [0.15, 0.2) is 55.8 Å². The molecule has 24 nitrogen and oxygen atoms in total. The molecule has 9 N–H and O–H groups in total. The summed E-state index contributed by atoms with van der Waals surface area (Å²) in [5.41, 5.74) is 1.77. The molecular formula is C52H76Cl2N10O14S2. The van der Waals surface area contributed by atoms with Gasteiger partial charge in [0, 0.05) is 48.4 Å². The van der Waals surface area contributed by atoms with Crippen LogP contribution in [0.25, 0.3) is 33.8 Å². The van der Waals surface area contributed by atoms with Gasteiger partial charge >= 0.3 is 0 Å². The third kappa shape index (κ3) is 15.3. The normalized spacial score (nSPS) is 15.5. The molecule has 2 atom stereocenters. The van der Waals surface area contributed by atoms with Gasteiger partial charge in [-0.2, -0.15) is 4.31 Å². The molecule has 0 amide bonds. The van der Waals surface area contributed by atoms with Crippen molar-refractivity contribution in [3.8, 4) is 34.3 Å². The number of fused-ring (bicyclic) bond motifs is 2. The number of rotatable bonds is 21. The molecule has 0 radical (unpaired) electrons. The standard InChI is InChI=1S/C26H37N5O7S.C17H19ClN4O4S.C9H19NO3.ClH/c1-4-6-22-27-16(3)23-26(35)28-25(29-31(22)23)20-13-19(7-8-21(20)38-5-2)39(36,37)30-11-9-17(10-12-30)24(34)18(14-32)15-33;1-4-6-14-19-10(3)15-17(23)20-16(21-22(14)15)12-9-11(27(18,24)25)7-8-13(12)26-5-2;11-5-8(6-12)9(13)7-1-3-10-4-2-7;/h7-8,13,17-18,24,32-34H,4-6,9-12,14-15H2,1-3H3,(H,28,29,35);7-9H,4-6H2,1-3H3,(H,20,21,23);7-13H,1-6H2;1H. The van der Waals surface area contributed by atoms with Crippen molar-refractivity contribution in [2.24, 2.45) is 23.7 Å². The summed E-state index contributed by atoms with van der Waals surface area (Å²) in [6, 6.07) is 8.66. The number of aromatic nitrogens is 8. The zero-order valence-electron chi connectivity index (χ0n) is 45.8. The van der Waals surface area contributed by atoms with E-state index < -0.39 is 37.2 Å². The topological polar surface area (TPSA) is 349 Å². The number of ether oxygens (including phenoxy) is 2. The van der Waals surface area contributed by atoms with Crippen molar-refractivity contribution >= 4 is 53.2 Å². The average Bonchev–Trinajstić information content (AvgIpc) is 3.97. The number of sulfonamides is 1. The van der Waals surface area contributed by atoms with E-state index in [0.29, 0.717) is 95.6 Å². The number of halogens is 2. The summed E-state index contributed by atoms with van der Waals surface area (Å²) in [6.45, 7) is 13.1. The first-order chi connectivity index (χ1) is 37.7. The van der Waals surface area contributed by atoms with Crippen molar-refractivity contribution in [1.29, 1.82) is 0 Å². The van der Waals surface area contributed by atoms with Crippen LogP contribution in [0.4, 0.5) is 0 Å². The lowest BCUT2D eigenvalue weighted by molar-refractivity contribution is -0.0167. The van der Waals surface area contributed by atoms with Crippen LogP contribution in [0, 0.1) is 37.5 Å². The number of aryl methyl sites for hydroxylation is 4. The quantitative estimate of drug-likeness (QED) is 0.0467. The van der Waals surface area contributed by atoms with E-state index in [4.69, 9.17) is 30.4 Å². The molecule has 0 saturated carbocycles. The minimum atomic E-state index is -3.95. The van der Waals surface area contributed by atoms with Gasteiger partial charge in [-0.15, -0.1) is 22.6 Å². The fraction of sp³-hybridized carbons (Fsp3) is 0.577. The van der Waals surface area contributed by atoms with Crippen molar-refractivity contribution in [3.05, 3.63) is 80.1 Å². The van der Waals surface area contributed by atoms with E-state index in [-0.39, 0.29) is 102 Å². The Morgan fingerprint density at radius 1 is 0.650 bits per heavy atom. The SMILES string of the molecule is CCCc1nc(C)c2c(=O)[nH]c(-c3cc(S(=O)(=O)Cl)ccc3OCC)nn12.CCCc1nc(C)c2c(=O)[nH]c(-c3cc(S(=O)(=O)N4CCC(C(O)C(CO)CO)CC4)ccc3OCC)nn12.Cl.OCC(CO)C(O)C1CCNCC1. The molecule has 28 heteroatoms. The zero-order chi connectivity index (χ0) is 57.8. The van der Waals surface area contributed by atoms with Gasteiger partial charge in [0.2, 0.25) is 10.0 Å². The maximum Gasteiger partial charge on any atom is 0.277 e. The van der Waals surface area contributed by atoms with E-state index >= 15 is 0 Å². The molecule has 0 spiro atoms. The van der Waals surface area contributed by atoms with E-state index in [1.54, 1.807) is 26.8 Å². The third-order valence-electron chi connectivity index (χ3n) is 14.1. The zero-order valence-corrected chi connectivity index (χ0v) is 49.0. The second-order valence-corrected chi connectivity index (χ2v) is 24.0. The smallest absolute Gasteiger partial charge is 0.277 e. The number of H-pyrrole nitrogens is 2. The Morgan fingerprint density at radius 3 is 1.44 bits per heavy atom. The van der Waals surface area contributed by atoms with Gasteiger partial charge in [-0.1, -0.05) is 13.8 Å². The highest BCUT2D eigenvalue weighted by atomic mass is 35.7. The van der Waals surface area contributed by atoms with Crippen LogP contribution in [0.5, 0.6) is 11.5 Å². The van der Waals surface area contributed by atoms with Crippen molar-refractivity contribution in [3.63, 3.8) is 0 Å². The van der Waals surface area contributed by atoms with Crippen molar-refractivity contribution in [2.75, 3.05) is 65.8 Å². The van der Waals surface area contributed by atoms with Crippen molar-refractivity contribution in [2.45, 2.75) is 115 Å². The van der Waals surface area contributed by atoms with Gasteiger partial charge in [0.15, 0.2) is 22.7 Å². The second-order valence-electron chi connectivity index (χ2n) is 19.5. The second kappa shape index (κ2) is 29.7. The largest absolute Gasteiger partial charge is 0.493 e. The van der Waals surface area contributed by atoms with E-state index in [0.717, 1.165) is 38.8 Å². The Hall–Kier alpha value is -5.10. The molecule has 80 heavy (non-hydrogen) atoms. The number of nitrogens with one attached hydrogen (secondary N) is 3. The first kappa shape index (κ1) is 65.7. The van der Waals surface area contributed by atoms with Crippen LogP contribution in [0.3, 0.4) is 0 Å². The predicted octanol–water partition coefficient (Wildman–Crippen LogP) is 3.15. The molecule has 2 aliphatic rings. The molecule has 0 aliphatic carbocycles. The van der Waals surface area contributed by atoms with Crippen LogP contribution >= 0.6 is 23.1 Å². The van der Waals surface area contributed by atoms with E-state index in [2.05, 4.69) is 35.5 Å². The summed E-state index contributed by atoms with van der Waals surface area (Å²) in [4.78, 5) is 39.9. The highest BCUT2D eigenvalue weighted by Gasteiger charge is 2.35. The fourth-order valence-electron chi connectivity index (χ4n) is 9.86. The first-order valence-corrected chi connectivity index (χ1v) is 30.4. The number of hydrogen-bond donors (Lipinski definition) is 9. The molecule has 2 fully saturated rings. The molecule has 2 saturated heterocycles. The Labute approximate surface area is 475 Å². The van der Waals surface area contributed by atoms with Gasteiger partial charge in [-0.3, -0.25) is 9.59 Å². The highest BCUT2D eigenvalue weighted by molar-refractivity contribution is 8.13. The Morgan fingerprint density at radius 2 is 1.05 bits per heavy atom. The fourth-order valence-corrected chi connectivity index (χ4v) is 12.1. The van der Waals surface area contributed by atoms with Gasteiger partial charge in [0.1, 0.15) is 23.1 Å². The van der Waals surface area contributed by atoms with Gasteiger partial charge in [0.25, 0.3) is 20.2 Å². The summed E-state index contributed by atoms with van der Waals surface area (Å²) in [5, 5.41) is 69.2. The van der Waals surface area contributed by atoms with Crippen LogP contribution in [0.2, 0.25) is 0 Å². The number of imidazole rings is 2. The lowest BCUT2D eigenvalue weighted by atomic mass is 9.85. The van der Waals surface area contributed by atoms with Gasteiger partial charge < -0.3 is 55.4 Å². The minimum Gasteiger partial charge on any atom is -0.493 e. The molecule has 6 aromatic rings. The van der Waals surface area contributed by atoms with E-state index in [1.807, 2.05) is 20.8 Å². The third-order valence-corrected chi connectivity index (χ3v) is 17.4. The molecular weight excluding hydrogens is 1120 g/mol. The van der Waals surface area contributed by atoms with E-state index in [1.165, 1.54) is 43.7 Å². The van der Waals surface area contributed by atoms with Gasteiger partial charge in [-0.05, 0) is 128 Å². The number of hydrogen-bond acceptors (Lipinski definition) is 19. The number of aliphatic hydroxyl groups is 6. The van der Waals surface area contributed by atoms with Gasteiger partial charge in [-0.25, -0.2) is 35.8 Å². The number of piperidine rings is 2. The van der Waals surface area contributed by atoms with Crippen LogP contribution < -0.4 is 25.9 Å². The molecule has 4 aromatic heterocycles. The molecule has 0 bridgehead atoms. The van der Waals surface area contributed by atoms with Gasteiger partial charge in [0.05, 0.1) is 84.2 Å². The lowest BCUT2D eigenvalue weighted by Gasteiger charge is -2.35. The summed E-state index contributed by atoms with van der Waals surface area (Å²) >= 11 is 0. The Bertz CT molecular complexity index is 3340. The average molecular weight is 1200 g/mol.